The van der Waals surface area contributed by atoms with Gasteiger partial charge in [0.15, 0.2) is 0 Å². The Labute approximate surface area is 171 Å². The van der Waals surface area contributed by atoms with Gasteiger partial charge in [0.2, 0.25) is 0 Å². The van der Waals surface area contributed by atoms with Crippen LogP contribution in [0.3, 0.4) is 0 Å². The van der Waals surface area contributed by atoms with Crippen molar-refractivity contribution in [2.45, 2.75) is 26.2 Å². The van der Waals surface area contributed by atoms with Gasteiger partial charge in [0.05, 0.1) is 5.52 Å². The highest BCUT2D eigenvalue weighted by Gasteiger charge is 2.11. The zero-order valence-corrected chi connectivity index (χ0v) is 16.5. The van der Waals surface area contributed by atoms with Crippen LogP contribution in [0.5, 0.6) is 5.75 Å². The van der Waals surface area contributed by atoms with Gasteiger partial charge < -0.3 is 9.84 Å². The smallest absolute Gasteiger partial charge is 0.290 e. The molecule has 2 aromatic carbocycles. The molecule has 1 aliphatic rings. The fourth-order valence-electron chi connectivity index (χ4n) is 3.47. The molecule has 0 radical (unpaired) electrons. The van der Waals surface area contributed by atoms with Crippen molar-refractivity contribution in [3.05, 3.63) is 84.1 Å². The molecule has 4 heteroatoms. The number of fused-ring (bicyclic) bond motifs is 1. The molecule has 3 aromatic rings. The molecule has 1 aliphatic carbocycles. The molecule has 0 fully saturated rings. The molecule has 0 saturated carbocycles. The highest BCUT2D eigenvalue weighted by molar-refractivity contribution is 5.96. The maximum atomic E-state index is 8.36. The number of benzene rings is 2. The van der Waals surface area contributed by atoms with Gasteiger partial charge in [0.1, 0.15) is 12.4 Å². The van der Waals surface area contributed by atoms with Crippen LogP contribution in [0.1, 0.15) is 25.3 Å². The Kier molecular flexibility index (Phi) is 7.17. The molecule has 0 unspecified atom stereocenters. The molecule has 0 atom stereocenters. The van der Waals surface area contributed by atoms with Crippen LogP contribution in [0.2, 0.25) is 0 Å². The molecular formula is C25H25NO3. The van der Waals surface area contributed by atoms with E-state index in [-0.39, 0.29) is 6.47 Å². The number of carbonyl (C=O) groups is 1. The first-order valence-corrected chi connectivity index (χ1v) is 9.80. The Bertz CT molecular complexity index is 1040. The van der Waals surface area contributed by atoms with Crippen molar-refractivity contribution in [1.82, 2.24) is 4.98 Å². The Morgan fingerprint density at radius 3 is 2.72 bits per heavy atom. The third-order valence-electron chi connectivity index (χ3n) is 4.83. The van der Waals surface area contributed by atoms with E-state index < -0.39 is 0 Å². The van der Waals surface area contributed by atoms with E-state index >= 15 is 0 Å². The fourth-order valence-corrected chi connectivity index (χ4v) is 3.47. The van der Waals surface area contributed by atoms with Crippen molar-refractivity contribution in [1.29, 1.82) is 0 Å². The molecule has 0 saturated heterocycles. The van der Waals surface area contributed by atoms with Crippen LogP contribution in [-0.2, 0) is 11.2 Å². The van der Waals surface area contributed by atoms with Crippen LogP contribution in [0.4, 0.5) is 0 Å². The number of hydrogen-bond acceptors (Lipinski definition) is 3. The van der Waals surface area contributed by atoms with E-state index in [1.54, 1.807) is 0 Å². The van der Waals surface area contributed by atoms with Gasteiger partial charge in [-0.2, -0.15) is 0 Å². The molecule has 4 rings (SSSR count). The summed E-state index contributed by atoms with van der Waals surface area (Å²) in [6.45, 7) is 2.55. The number of ether oxygens (including phenoxy) is 1. The molecule has 0 spiro atoms. The highest BCUT2D eigenvalue weighted by atomic mass is 16.5. The summed E-state index contributed by atoms with van der Waals surface area (Å²) in [6, 6.07) is 16.8. The summed E-state index contributed by atoms with van der Waals surface area (Å²) in [5.74, 6) is 0.908. The molecule has 0 aliphatic heterocycles. The molecule has 0 bridgehead atoms. The zero-order valence-electron chi connectivity index (χ0n) is 16.5. The topological polar surface area (TPSA) is 59.4 Å². The Morgan fingerprint density at radius 2 is 1.97 bits per heavy atom. The highest BCUT2D eigenvalue weighted by Crippen LogP contribution is 2.33. The van der Waals surface area contributed by atoms with E-state index in [9.17, 15) is 0 Å². The minimum atomic E-state index is -0.250. The Hall–Kier alpha value is -3.40. The SMILES string of the molecule is CCc1cnc2ccccc2c1-c1cccc(OCC2=CCCC=C2)c1.O=CO. The third kappa shape index (κ3) is 5.11. The lowest BCUT2D eigenvalue weighted by atomic mass is 9.95. The second-order valence-electron chi connectivity index (χ2n) is 6.71. The summed E-state index contributed by atoms with van der Waals surface area (Å²) < 4.78 is 6.06. The minimum Gasteiger partial charge on any atom is -0.489 e. The lowest BCUT2D eigenvalue weighted by Gasteiger charge is -2.14. The molecule has 148 valence electrons. The molecule has 0 amide bonds. The van der Waals surface area contributed by atoms with Crippen LogP contribution < -0.4 is 4.74 Å². The summed E-state index contributed by atoms with van der Waals surface area (Å²) in [7, 11) is 0. The fraction of sp³-hybridized carbons (Fsp3) is 0.200. The van der Waals surface area contributed by atoms with E-state index in [0.29, 0.717) is 6.61 Å². The van der Waals surface area contributed by atoms with Crippen LogP contribution in [0, 0.1) is 0 Å². The van der Waals surface area contributed by atoms with Gasteiger partial charge >= 0.3 is 0 Å². The molecule has 29 heavy (non-hydrogen) atoms. The maximum absolute atomic E-state index is 8.36. The normalized spacial score (nSPS) is 12.7. The molecule has 4 nitrogen and oxygen atoms in total. The van der Waals surface area contributed by atoms with Gasteiger partial charge in [0, 0.05) is 11.6 Å². The summed E-state index contributed by atoms with van der Waals surface area (Å²) in [6.07, 6.45) is 11.8. The quantitative estimate of drug-likeness (QED) is 0.560. The number of allylic oxidation sites excluding steroid dienone is 2. The first-order chi connectivity index (χ1) is 14.3. The summed E-state index contributed by atoms with van der Waals surface area (Å²) >= 11 is 0. The summed E-state index contributed by atoms with van der Waals surface area (Å²) in [4.78, 5) is 13.0. The van der Waals surface area contributed by atoms with Gasteiger partial charge in [-0.1, -0.05) is 55.5 Å². The third-order valence-corrected chi connectivity index (χ3v) is 4.83. The van der Waals surface area contributed by atoms with Crippen LogP contribution in [0.25, 0.3) is 22.0 Å². The standard InChI is InChI=1S/C24H23NO.CH2O2/c1-2-19-16-25-23-14-7-6-13-22(23)24(19)20-11-8-12-21(15-20)26-17-18-9-4-3-5-10-18;2-1-3/h4,6-16H,2-3,5,17H2,1H3;1H,(H,2,3). The second-order valence-corrected chi connectivity index (χ2v) is 6.71. The van der Waals surface area contributed by atoms with E-state index in [0.717, 1.165) is 30.5 Å². The average Bonchev–Trinajstić information content (AvgIpc) is 2.78. The number of aryl methyl sites for hydroxylation is 1. The average molecular weight is 387 g/mol. The van der Waals surface area contributed by atoms with Crippen molar-refractivity contribution >= 4 is 17.4 Å². The Morgan fingerprint density at radius 1 is 1.14 bits per heavy atom. The van der Waals surface area contributed by atoms with Gasteiger partial charge in [-0.25, -0.2) is 0 Å². The van der Waals surface area contributed by atoms with Gasteiger partial charge in [-0.15, -0.1) is 0 Å². The van der Waals surface area contributed by atoms with Crippen LogP contribution >= 0.6 is 0 Å². The van der Waals surface area contributed by atoms with Gasteiger partial charge in [-0.3, -0.25) is 9.78 Å². The predicted octanol–water partition coefficient (Wildman–Crippen LogP) is 5.82. The van der Waals surface area contributed by atoms with Crippen molar-refractivity contribution < 1.29 is 14.6 Å². The van der Waals surface area contributed by atoms with Crippen molar-refractivity contribution in [2.75, 3.05) is 6.61 Å². The van der Waals surface area contributed by atoms with E-state index in [2.05, 4.69) is 66.5 Å². The largest absolute Gasteiger partial charge is 0.489 e. The maximum Gasteiger partial charge on any atom is 0.290 e. The Balaban J connectivity index is 0.000000755. The predicted molar refractivity (Wildman–Crippen MR) is 117 cm³/mol. The zero-order chi connectivity index (χ0) is 20.5. The monoisotopic (exact) mass is 387 g/mol. The molecule has 1 aromatic heterocycles. The van der Waals surface area contributed by atoms with Crippen LogP contribution in [-0.4, -0.2) is 23.2 Å². The van der Waals surface area contributed by atoms with E-state index in [1.807, 2.05) is 18.3 Å². The summed E-state index contributed by atoms with van der Waals surface area (Å²) in [5.41, 5.74) is 6.00. The van der Waals surface area contributed by atoms with E-state index in [4.69, 9.17) is 14.6 Å². The number of nitrogens with zero attached hydrogens (tertiary/aromatic N) is 1. The lowest BCUT2D eigenvalue weighted by Crippen LogP contribution is -2.01. The molecule has 1 N–H and O–H groups in total. The van der Waals surface area contributed by atoms with Gasteiger partial charge in [0.25, 0.3) is 6.47 Å². The summed E-state index contributed by atoms with van der Waals surface area (Å²) in [5, 5.41) is 8.09. The van der Waals surface area contributed by atoms with E-state index in [1.165, 1.54) is 27.6 Å². The van der Waals surface area contributed by atoms with Crippen molar-refractivity contribution in [2.24, 2.45) is 0 Å². The number of pyridine rings is 1. The minimum absolute atomic E-state index is 0.250. The first-order valence-electron chi connectivity index (χ1n) is 9.80. The van der Waals surface area contributed by atoms with Crippen molar-refractivity contribution in [3.8, 4) is 16.9 Å². The van der Waals surface area contributed by atoms with Gasteiger partial charge in [-0.05, 0) is 59.7 Å². The lowest BCUT2D eigenvalue weighted by molar-refractivity contribution is -0.122. The second kappa shape index (κ2) is 10.2. The number of para-hydroxylation sites is 1. The number of hydrogen-bond donors (Lipinski definition) is 1. The number of carboxylic acid groups (broad SMARTS) is 1. The first kappa shape index (κ1) is 20.3. The van der Waals surface area contributed by atoms with Crippen molar-refractivity contribution in [3.63, 3.8) is 0 Å². The van der Waals surface area contributed by atoms with Crippen LogP contribution in [0.15, 0.2) is 78.5 Å². The number of aromatic nitrogens is 1. The molecule has 1 heterocycles. The molecular weight excluding hydrogens is 362 g/mol. The number of rotatable bonds is 5.